The molecule has 2 aromatic carbocycles. The summed E-state index contributed by atoms with van der Waals surface area (Å²) in [5, 5.41) is 4.97. The Bertz CT molecular complexity index is 956. The molecule has 3 aromatic rings. The largest absolute Gasteiger partial charge is 0.497 e. The van der Waals surface area contributed by atoms with Gasteiger partial charge in [0, 0.05) is 34.8 Å². The summed E-state index contributed by atoms with van der Waals surface area (Å²) in [5.74, 6) is -0.0471. The molecule has 0 fully saturated rings. The van der Waals surface area contributed by atoms with E-state index in [1.165, 1.54) is 0 Å². The molecule has 1 heterocycles. The van der Waals surface area contributed by atoms with Crippen molar-refractivity contribution in [3.8, 4) is 5.75 Å². The highest BCUT2D eigenvalue weighted by atomic mass is 16.5. The summed E-state index contributed by atoms with van der Waals surface area (Å²) in [7, 11) is 1.66. The average molecular weight is 338 g/mol. The van der Waals surface area contributed by atoms with Crippen LogP contribution < -0.4 is 10.1 Å². The zero-order valence-corrected chi connectivity index (χ0v) is 14.7. The van der Waals surface area contributed by atoms with Crippen LogP contribution in [0.3, 0.4) is 0 Å². The predicted molar refractivity (Wildman–Crippen MR) is 99.1 cm³/mol. The smallest absolute Gasteiger partial charge is 0.287 e. The second-order valence-corrected chi connectivity index (χ2v) is 6.09. The number of hydrogen-bond donors (Lipinski definition) is 2. The van der Waals surface area contributed by atoms with Crippen LogP contribution in [0.2, 0.25) is 0 Å². The van der Waals surface area contributed by atoms with Crippen LogP contribution >= 0.6 is 0 Å². The normalized spacial score (nSPS) is 11.0. The van der Waals surface area contributed by atoms with Crippen molar-refractivity contribution in [3.05, 3.63) is 41.5 Å². The molecule has 0 bridgehead atoms. The van der Waals surface area contributed by atoms with Gasteiger partial charge in [-0.15, -0.1) is 0 Å². The lowest BCUT2D eigenvalue weighted by molar-refractivity contribution is -0.137. The Hall–Kier alpha value is -2.82. The number of ether oxygens (including phenoxy) is 1. The highest BCUT2D eigenvalue weighted by molar-refractivity contribution is 6.36. The lowest BCUT2D eigenvalue weighted by atomic mass is 10.0. The fourth-order valence-electron chi connectivity index (χ4n) is 3.10. The maximum atomic E-state index is 11.6. The van der Waals surface area contributed by atoms with Gasteiger partial charge in [0.25, 0.3) is 5.91 Å². The number of hydrogen-bond acceptors (Lipinski definition) is 3. The van der Waals surface area contributed by atoms with E-state index in [0.29, 0.717) is 13.0 Å². The van der Waals surface area contributed by atoms with Gasteiger partial charge < -0.3 is 15.0 Å². The summed E-state index contributed by atoms with van der Waals surface area (Å²) < 4.78 is 5.32. The van der Waals surface area contributed by atoms with Gasteiger partial charge in [-0.05, 0) is 42.7 Å². The third kappa shape index (κ3) is 3.22. The molecule has 0 aliphatic rings. The molecule has 0 saturated heterocycles. The number of H-pyrrole nitrogens is 1. The zero-order valence-electron chi connectivity index (χ0n) is 14.7. The van der Waals surface area contributed by atoms with Gasteiger partial charge in [0.1, 0.15) is 5.75 Å². The van der Waals surface area contributed by atoms with Crippen molar-refractivity contribution in [2.75, 3.05) is 13.7 Å². The molecule has 3 rings (SSSR count). The number of fused-ring (bicyclic) bond motifs is 3. The van der Waals surface area contributed by atoms with E-state index in [0.717, 1.165) is 38.7 Å². The van der Waals surface area contributed by atoms with E-state index in [2.05, 4.69) is 29.4 Å². The van der Waals surface area contributed by atoms with Gasteiger partial charge in [0.15, 0.2) is 0 Å². The van der Waals surface area contributed by atoms with Crippen LogP contribution in [0.4, 0.5) is 0 Å². The summed E-state index contributed by atoms with van der Waals surface area (Å²) >= 11 is 0. The molecular weight excluding hydrogens is 316 g/mol. The molecule has 0 spiro atoms. The van der Waals surface area contributed by atoms with Crippen molar-refractivity contribution in [2.45, 2.75) is 26.7 Å². The number of benzene rings is 2. The van der Waals surface area contributed by atoms with Gasteiger partial charge >= 0.3 is 0 Å². The van der Waals surface area contributed by atoms with Gasteiger partial charge in [-0.3, -0.25) is 9.59 Å². The van der Waals surface area contributed by atoms with Crippen molar-refractivity contribution in [1.82, 2.24) is 10.3 Å². The van der Waals surface area contributed by atoms with Crippen LogP contribution in [0.5, 0.6) is 5.75 Å². The van der Waals surface area contributed by atoms with Crippen LogP contribution in [0.25, 0.3) is 21.8 Å². The number of carbonyl (C=O) groups excluding carboxylic acids is 2. The molecule has 25 heavy (non-hydrogen) atoms. The maximum absolute atomic E-state index is 11.6. The van der Waals surface area contributed by atoms with Crippen molar-refractivity contribution in [2.24, 2.45) is 0 Å². The minimum atomic E-state index is -0.501. The average Bonchev–Trinajstić information content (AvgIpc) is 3.01. The van der Waals surface area contributed by atoms with Crippen molar-refractivity contribution in [3.63, 3.8) is 0 Å². The monoisotopic (exact) mass is 338 g/mol. The number of nitrogens with one attached hydrogen (secondary N) is 2. The second kappa shape index (κ2) is 6.97. The summed E-state index contributed by atoms with van der Waals surface area (Å²) in [5.41, 5.74) is 4.47. The number of aromatic nitrogens is 1. The summed E-state index contributed by atoms with van der Waals surface area (Å²) in [4.78, 5) is 26.3. The van der Waals surface area contributed by atoms with E-state index in [9.17, 15) is 9.59 Å². The molecule has 0 saturated carbocycles. The SMILES string of the molecule is CCC(=O)C(=O)NCCc1ccc2c([nH]c3ccc(OC)cc32)c1C. The summed E-state index contributed by atoms with van der Waals surface area (Å²) in [6.07, 6.45) is 0.915. The Kier molecular flexibility index (Phi) is 4.74. The molecule has 5 nitrogen and oxygen atoms in total. The summed E-state index contributed by atoms with van der Waals surface area (Å²) in [6.45, 7) is 4.21. The third-order valence-electron chi connectivity index (χ3n) is 4.61. The van der Waals surface area contributed by atoms with Crippen molar-refractivity contribution >= 4 is 33.5 Å². The molecule has 0 atom stereocenters. The molecule has 2 N–H and O–H groups in total. The standard InChI is InChI=1S/C20H22N2O3/c1-4-18(23)20(24)21-10-9-13-5-7-15-16-11-14(25-3)6-8-17(16)22-19(15)12(13)2/h5-8,11,22H,4,9-10H2,1-3H3,(H,21,24). The van der Waals surface area contributed by atoms with Gasteiger partial charge in [-0.1, -0.05) is 19.1 Å². The lowest BCUT2D eigenvalue weighted by Gasteiger charge is -2.08. The number of ketones is 1. The van der Waals surface area contributed by atoms with Crippen molar-refractivity contribution < 1.29 is 14.3 Å². The highest BCUT2D eigenvalue weighted by Gasteiger charge is 2.12. The van der Waals surface area contributed by atoms with Gasteiger partial charge in [-0.2, -0.15) is 0 Å². The molecule has 130 valence electrons. The Labute approximate surface area is 146 Å². The first kappa shape index (κ1) is 17.0. The van der Waals surface area contributed by atoms with Crippen LogP contribution in [0.15, 0.2) is 30.3 Å². The third-order valence-corrected chi connectivity index (χ3v) is 4.61. The van der Waals surface area contributed by atoms with Gasteiger partial charge in [0.2, 0.25) is 5.78 Å². The second-order valence-electron chi connectivity index (χ2n) is 6.09. The Morgan fingerprint density at radius 1 is 1.16 bits per heavy atom. The minimum Gasteiger partial charge on any atom is -0.497 e. The summed E-state index contributed by atoms with van der Waals surface area (Å²) in [6, 6.07) is 10.2. The van der Waals surface area contributed by atoms with E-state index in [1.54, 1.807) is 14.0 Å². The molecular formula is C20H22N2O3. The first-order valence-electron chi connectivity index (χ1n) is 8.44. The van der Waals surface area contributed by atoms with E-state index in [4.69, 9.17) is 4.74 Å². The number of rotatable bonds is 6. The number of aryl methyl sites for hydroxylation is 1. The lowest BCUT2D eigenvalue weighted by Crippen LogP contribution is -2.32. The molecule has 0 aliphatic carbocycles. The van der Waals surface area contributed by atoms with E-state index in [1.807, 2.05) is 18.2 Å². The Balaban J connectivity index is 1.86. The zero-order chi connectivity index (χ0) is 18.0. The number of Topliss-reactive ketones (excluding diaryl/α,β-unsaturated/α-hetero) is 1. The van der Waals surface area contributed by atoms with Crippen molar-refractivity contribution in [1.29, 1.82) is 0 Å². The van der Waals surface area contributed by atoms with Crippen LogP contribution in [0, 0.1) is 6.92 Å². The molecule has 1 amide bonds. The predicted octanol–water partition coefficient (Wildman–Crippen LogP) is 3.28. The molecule has 5 heteroatoms. The Morgan fingerprint density at radius 3 is 2.68 bits per heavy atom. The highest BCUT2D eigenvalue weighted by Crippen LogP contribution is 2.31. The fraction of sp³-hybridized carbons (Fsp3) is 0.300. The van der Waals surface area contributed by atoms with Crippen LogP contribution in [-0.4, -0.2) is 30.3 Å². The van der Waals surface area contributed by atoms with E-state index < -0.39 is 5.91 Å². The number of carbonyl (C=O) groups is 2. The number of aromatic amines is 1. The number of amides is 1. The molecule has 0 aliphatic heterocycles. The first-order chi connectivity index (χ1) is 12.0. The van der Waals surface area contributed by atoms with E-state index in [-0.39, 0.29) is 12.2 Å². The van der Waals surface area contributed by atoms with E-state index >= 15 is 0 Å². The number of methoxy groups -OCH3 is 1. The maximum Gasteiger partial charge on any atom is 0.287 e. The minimum absolute atomic E-state index is 0.231. The fourth-order valence-corrected chi connectivity index (χ4v) is 3.10. The van der Waals surface area contributed by atoms with Crippen LogP contribution in [-0.2, 0) is 16.0 Å². The van der Waals surface area contributed by atoms with Gasteiger partial charge in [0.05, 0.1) is 7.11 Å². The Morgan fingerprint density at radius 2 is 1.96 bits per heavy atom. The topological polar surface area (TPSA) is 71.2 Å². The molecule has 1 aromatic heterocycles. The molecule has 0 unspecified atom stereocenters. The van der Waals surface area contributed by atoms with Crippen LogP contribution in [0.1, 0.15) is 24.5 Å². The quantitative estimate of drug-likeness (QED) is 0.678. The van der Waals surface area contributed by atoms with Gasteiger partial charge in [-0.25, -0.2) is 0 Å². The first-order valence-corrected chi connectivity index (χ1v) is 8.44. The molecule has 0 radical (unpaired) electrons.